The van der Waals surface area contributed by atoms with Crippen molar-refractivity contribution in [3.05, 3.63) is 63.6 Å². The molecular formula is C19H16Cl2N2O3. The Morgan fingerprint density at radius 3 is 2.73 bits per heavy atom. The Bertz CT molecular complexity index is 860. The topological polar surface area (TPSA) is 71.3 Å². The van der Waals surface area contributed by atoms with Gasteiger partial charge in [-0.1, -0.05) is 35.3 Å². The van der Waals surface area contributed by atoms with Crippen LogP contribution in [0.5, 0.6) is 11.5 Å². The molecule has 2 aromatic rings. The zero-order valence-corrected chi connectivity index (χ0v) is 15.5. The van der Waals surface area contributed by atoms with Crippen molar-refractivity contribution in [1.29, 1.82) is 5.26 Å². The van der Waals surface area contributed by atoms with E-state index in [0.717, 1.165) is 11.1 Å². The summed E-state index contributed by atoms with van der Waals surface area (Å²) in [6, 6.07) is 12.2. The standard InChI is InChI=1S/C19H16Cl2N2O3/c1-25-18-10-13(2-6-17(18)26-9-8-22)3-7-19(24)23-12-14-4-5-15(20)11-16(14)21/h2-7,10-11H,9,12H2,1H3,(H,23,24)/b7-3+. The number of nitrogens with zero attached hydrogens (tertiary/aromatic N) is 1. The molecule has 0 saturated carbocycles. The molecule has 0 unspecified atom stereocenters. The predicted molar refractivity (Wildman–Crippen MR) is 101 cm³/mol. The quantitative estimate of drug-likeness (QED) is 0.717. The summed E-state index contributed by atoms with van der Waals surface area (Å²) in [6.07, 6.45) is 3.06. The monoisotopic (exact) mass is 390 g/mol. The smallest absolute Gasteiger partial charge is 0.244 e. The van der Waals surface area contributed by atoms with Crippen molar-refractivity contribution in [3.63, 3.8) is 0 Å². The van der Waals surface area contributed by atoms with Crippen LogP contribution < -0.4 is 14.8 Å². The van der Waals surface area contributed by atoms with Crippen LogP contribution in [0.2, 0.25) is 10.0 Å². The summed E-state index contributed by atoms with van der Waals surface area (Å²) in [5.41, 5.74) is 1.53. The molecule has 0 saturated heterocycles. The number of ether oxygens (including phenoxy) is 2. The molecule has 0 radical (unpaired) electrons. The average molecular weight is 391 g/mol. The fraction of sp³-hybridized carbons (Fsp3) is 0.158. The Morgan fingerprint density at radius 1 is 1.23 bits per heavy atom. The van der Waals surface area contributed by atoms with Gasteiger partial charge in [0.2, 0.25) is 5.91 Å². The largest absolute Gasteiger partial charge is 0.493 e. The maximum Gasteiger partial charge on any atom is 0.244 e. The summed E-state index contributed by atoms with van der Waals surface area (Å²) in [5.74, 6) is 0.684. The first kappa shape index (κ1) is 19.6. The summed E-state index contributed by atoms with van der Waals surface area (Å²) in [5, 5.41) is 12.4. The number of hydrogen-bond donors (Lipinski definition) is 1. The van der Waals surface area contributed by atoms with Crippen molar-refractivity contribution in [2.45, 2.75) is 6.54 Å². The number of nitriles is 1. The molecule has 0 bridgehead atoms. The van der Waals surface area contributed by atoms with Crippen LogP contribution in [-0.2, 0) is 11.3 Å². The molecular weight excluding hydrogens is 375 g/mol. The molecule has 0 spiro atoms. The third-order valence-electron chi connectivity index (χ3n) is 3.38. The van der Waals surface area contributed by atoms with E-state index in [0.29, 0.717) is 28.1 Å². The van der Waals surface area contributed by atoms with Crippen LogP contribution >= 0.6 is 23.2 Å². The van der Waals surface area contributed by atoms with Crippen molar-refractivity contribution in [2.75, 3.05) is 13.7 Å². The van der Waals surface area contributed by atoms with Crippen LogP contribution in [0.1, 0.15) is 11.1 Å². The van der Waals surface area contributed by atoms with Crippen LogP contribution in [0.25, 0.3) is 6.08 Å². The molecule has 0 fully saturated rings. The number of methoxy groups -OCH3 is 1. The minimum atomic E-state index is -0.264. The molecule has 134 valence electrons. The summed E-state index contributed by atoms with van der Waals surface area (Å²) >= 11 is 11.9. The highest BCUT2D eigenvalue weighted by molar-refractivity contribution is 6.35. The van der Waals surface area contributed by atoms with Crippen molar-refractivity contribution >= 4 is 35.2 Å². The lowest BCUT2D eigenvalue weighted by Crippen LogP contribution is -2.20. The number of carbonyl (C=O) groups is 1. The van der Waals surface area contributed by atoms with Crippen molar-refractivity contribution < 1.29 is 14.3 Å². The Morgan fingerprint density at radius 2 is 2.04 bits per heavy atom. The lowest BCUT2D eigenvalue weighted by Gasteiger charge is -2.09. The van der Waals surface area contributed by atoms with Crippen LogP contribution in [-0.4, -0.2) is 19.6 Å². The summed E-state index contributed by atoms with van der Waals surface area (Å²) in [7, 11) is 1.50. The second kappa shape index (κ2) is 9.71. The number of carbonyl (C=O) groups excluding carboxylic acids is 1. The molecule has 0 aromatic heterocycles. The SMILES string of the molecule is COc1cc(/C=C/C(=O)NCc2ccc(Cl)cc2Cl)ccc1OCC#N. The van der Waals surface area contributed by atoms with Gasteiger partial charge in [0, 0.05) is 22.7 Å². The van der Waals surface area contributed by atoms with Gasteiger partial charge >= 0.3 is 0 Å². The Labute approximate surface area is 161 Å². The zero-order chi connectivity index (χ0) is 18.9. The lowest BCUT2D eigenvalue weighted by molar-refractivity contribution is -0.116. The van der Waals surface area contributed by atoms with E-state index in [1.807, 2.05) is 6.07 Å². The van der Waals surface area contributed by atoms with Gasteiger partial charge in [0.1, 0.15) is 6.07 Å². The summed E-state index contributed by atoms with van der Waals surface area (Å²) in [6.45, 7) is 0.227. The van der Waals surface area contributed by atoms with Crippen LogP contribution in [0.15, 0.2) is 42.5 Å². The minimum Gasteiger partial charge on any atom is -0.493 e. The van der Waals surface area contributed by atoms with Crippen LogP contribution in [0, 0.1) is 11.3 Å². The lowest BCUT2D eigenvalue weighted by atomic mass is 10.2. The predicted octanol–water partition coefficient (Wildman–Crippen LogP) is 4.23. The first-order valence-corrected chi connectivity index (χ1v) is 8.36. The van der Waals surface area contributed by atoms with Gasteiger partial charge in [0.15, 0.2) is 18.1 Å². The second-order valence-corrected chi connectivity index (χ2v) is 5.99. The highest BCUT2D eigenvalue weighted by atomic mass is 35.5. The molecule has 2 rings (SSSR count). The molecule has 1 N–H and O–H groups in total. The molecule has 26 heavy (non-hydrogen) atoms. The van der Waals surface area contributed by atoms with Gasteiger partial charge in [-0.25, -0.2) is 0 Å². The van der Waals surface area contributed by atoms with E-state index >= 15 is 0 Å². The van der Waals surface area contributed by atoms with E-state index in [1.165, 1.54) is 13.2 Å². The highest BCUT2D eigenvalue weighted by Crippen LogP contribution is 2.28. The highest BCUT2D eigenvalue weighted by Gasteiger charge is 2.05. The molecule has 0 atom stereocenters. The third-order valence-corrected chi connectivity index (χ3v) is 3.96. The normalized spacial score (nSPS) is 10.4. The van der Waals surface area contributed by atoms with Crippen LogP contribution in [0.3, 0.4) is 0 Å². The van der Waals surface area contributed by atoms with E-state index < -0.39 is 0 Å². The fourth-order valence-electron chi connectivity index (χ4n) is 2.10. The van der Waals surface area contributed by atoms with Gasteiger partial charge in [-0.3, -0.25) is 4.79 Å². The molecule has 0 aliphatic heterocycles. The number of halogens is 2. The fourth-order valence-corrected chi connectivity index (χ4v) is 2.57. The Balaban J connectivity index is 1.97. The average Bonchev–Trinajstić information content (AvgIpc) is 2.64. The van der Waals surface area contributed by atoms with Gasteiger partial charge in [-0.05, 0) is 41.5 Å². The van der Waals surface area contributed by atoms with Gasteiger partial charge in [0.25, 0.3) is 0 Å². The minimum absolute atomic E-state index is 0.0682. The van der Waals surface area contributed by atoms with E-state index in [9.17, 15) is 4.79 Å². The van der Waals surface area contributed by atoms with E-state index in [1.54, 1.807) is 42.5 Å². The maximum absolute atomic E-state index is 12.0. The number of benzene rings is 2. The molecule has 5 nitrogen and oxygen atoms in total. The van der Waals surface area contributed by atoms with Gasteiger partial charge in [-0.2, -0.15) is 5.26 Å². The first-order valence-electron chi connectivity index (χ1n) is 7.61. The van der Waals surface area contributed by atoms with Gasteiger partial charge < -0.3 is 14.8 Å². The number of hydrogen-bond acceptors (Lipinski definition) is 4. The van der Waals surface area contributed by atoms with Crippen LogP contribution in [0.4, 0.5) is 0 Å². The zero-order valence-electron chi connectivity index (χ0n) is 14.0. The maximum atomic E-state index is 12.0. The van der Waals surface area contributed by atoms with Gasteiger partial charge in [-0.15, -0.1) is 0 Å². The summed E-state index contributed by atoms with van der Waals surface area (Å²) < 4.78 is 10.5. The molecule has 0 aliphatic carbocycles. The summed E-state index contributed by atoms with van der Waals surface area (Å²) in [4.78, 5) is 12.0. The van der Waals surface area contributed by atoms with E-state index in [2.05, 4.69) is 5.32 Å². The molecule has 0 heterocycles. The third kappa shape index (κ3) is 5.69. The second-order valence-electron chi connectivity index (χ2n) is 5.14. The van der Waals surface area contributed by atoms with E-state index in [-0.39, 0.29) is 12.5 Å². The first-order chi connectivity index (χ1) is 12.5. The molecule has 2 aromatic carbocycles. The number of amides is 1. The molecule has 1 amide bonds. The Kier molecular flexibility index (Phi) is 7.34. The molecule has 7 heteroatoms. The number of rotatable bonds is 7. The van der Waals surface area contributed by atoms with E-state index in [4.69, 9.17) is 37.9 Å². The Hall–Kier alpha value is -2.68. The van der Waals surface area contributed by atoms with Crippen molar-refractivity contribution in [3.8, 4) is 17.6 Å². The van der Waals surface area contributed by atoms with Crippen molar-refractivity contribution in [1.82, 2.24) is 5.32 Å². The van der Waals surface area contributed by atoms with Crippen molar-refractivity contribution in [2.24, 2.45) is 0 Å². The molecule has 0 aliphatic rings. The van der Waals surface area contributed by atoms with Gasteiger partial charge in [0.05, 0.1) is 7.11 Å². The number of nitrogens with one attached hydrogen (secondary N) is 1.